The molecule has 1 aliphatic rings. The van der Waals surface area contributed by atoms with Gasteiger partial charge in [-0.05, 0) is 19.8 Å². The number of hydrogen-bond donors (Lipinski definition) is 1. The van der Waals surface area contributed by atoms with Crippen LogP contribution in [-0.4, -0.2) is 19.6 Å². The van der Waals surface area contributed by atoms with Gasteiger partial charge in [-0.15, -0.1) is 0 Å². The van der Waals surface area contributed by atoms with Crippen molar-refractivity contribution in [2.75, 3.05) is 0 Å². The summed E-state index contributed by atoms with van der Waals surface area (Å²) in [6, 6.07) is 0. The van der Waals surface area contributed by atoms with Gasteiger partial charge in [0.2, 0.25) is 0 Å². The zero-order valence-electron chi connectivity index (χ0n) is 10.2. The lowest BCUT2D eigenvalue weighted by Crippen LogP contribution is -2.17. The SMILES string of the molecule is Cc1nc2nc(C3CCCCC3)[nH]n2c(=O)c1Cl. The fourth-order valence-electron chi connectivity index (χ4n) is 2.57. The first kappa shape index (κ1) is 11.7. The quantitative estimate of drug-likeness (QED) is 0.862. The fourth-order valence-corrected chi connectivity index (χ4v) is 2.70. The first-order valence-corrected chi connectivity index (χ1v) is 6.69. The van der Waals surface area contributed by atoms with E-state index in [1.165, 1.54) is 23.8 Å². The number of halogens is 1. The molecule has 2 heterocycles. The highest BCUT2D eigenvalue weighted by Crippen LogP contribution is 2.30. The van der Waals surface area contributed by atoms with Gasteiger partial charge in [-0.25, -0.2) is 4.98 Å². The zero-order valence-corrected chi connectivity index (χ0v) is 11.0. The number of aromatic amines is 1. The molecule has 2 aromatic rings. The molecule has 6 heteroatoms. The van der Waals surface area contributed by atoms with Crippen molar-refractivity contribution in [1.82, 2.24) is 19.6 Å². The molecule has 0 unspecified atom stereocenters. The van der Waals surface area contributed by atoms with Gasteiger partial charge in [-0.1, -0.05) is 30.9 Å². The third-order valence-corrected chi connectivity index (χ3v) is 4.05. The van der Waals surface area contributed by atoms with Crippen molar-refractivity contribution in [3.63, 3.8) is 0 Å². The number of hydrogen-bond acceptors (Lipinski definition) is 3. The summed E-state index contributed by atoms with van der Waals surface area (Å²) in [4.78, 5) is 20.6. The summed E-state index contributed by atoms with van der Waals surface area (Å²) in [5, 5.41) is 3.21. The molecule has 0 aromatic carbocycles. The monoisotopic (exact) mass is 266 g/mol. The van der Waals surface area contributed by atoms with Gasteiger partial charge in [-0.3, -0.25) is 9.89 Å². The molecule has 5 nitrogen and oxygen atoms in total. The van der Waals surface area contributed by atoms with Crippen molar-refractivity contribution in [1.29, 1.82) is 0 Å². The minimum atomic E-state index is -0.270. The van der Waals surface area contributed by atoms with E-state index in [2.05, 4.69) is 15.1 Å². The number of nitrogens with one attached hydrogen (secondary N) is 1. The predicted molar refractivity (Wildman–Crippen MR) is 69.2 cm³/mol. The highest BCUT2D eigenvalue weighted by molar-refractivity contribution is 6.31. The van der Waals surface area contributed by atoms with E-state index in [-0.39, 0.29) is 10.6 Å². The average Bonchev–Trinajstić information content (AvgIpc) is 2.81. The van der Waals surface area contributed by atoms with Crippen LogP contribution < -0.4 is 5.56 Å². The molecule has 2 aromatic heterocycles. The molecular formula is C12H15ClN4O. The third kappa shape index (κ3) is 1.82. The second-order valence-electron chi connectivity index (χ2n) is 4.90. The largest absolute Gasteiger partial charge is 0.293 e. The summed E-state index contributed by atoms with van der Waals surface area (Å²) in [5.74, 6) is 1.70. The lowest BCUT2D eigenvalue weighted by molar-refractivity contribution is 0.428. The van der Waals surface area contributed by atoms with E-state index in [9.17, 15) is 4.79 Å². The molecule has 3 rings (SSSR count). The van der Waals surface area contributed by atoms with Gasteiger partial charge in [0.15, 0.2) is 0 Å². The molecule has 0 aliphatic heterocycles. The lowest BCUT2D eigenvalue weighted by atomic mass is 9.89. The Kier molecular flexibility index (Phi) is 2.86. The van der Waals surface area contributed by atoms with Crippen molar-refractivity contribution in [2.24, 2.45) is 0 Å². The first-order chi connectivity index (χ1) is 8.66. The van der Waals surface area contributed by atoms with Crippen molar-refractivity contribution < 1.29 is 0 Å². The number of rotatable bonds is 1. The normalized spacial score (nSPS) is 17.4. The van der Waals surface area contributed by atoms with Crippen LogP contribution in [0.1, 0.15) is 49.5 Å². The molecule has 0 saturated heterocycles. The van der Waals surface area contributed by atoms with E-state index in [0.29, 0.717) is 17.4 Å². The molecule has 0 spiro atoms. The van der Waals surface area contributed by atoms with Crippen molar-refractivity contribution in [3.05, 3.63) is 26.9 Å². The number of fused-ring (bicyclic) bond motifs is 1. The zero-order chi connectivity index (χ0) is 12.7. The molecule has 1 fully saturated rings. The highest BCUT2D eigenvalue weighted by Gasteiger charge is 2.20. The van der Waals surface area contributed by atoms with E-state index in [4.69, 9.17) is 11.6 Å². The van der Waals surface area contributed by atoms with Crippen LogP contribution in [0, 0.1) is 6.92 Å². The van der Waals surface area contributed by atoms with Crippen LogP contribution in [0.25, 0.3) is 5.78 Å². The van der Waals surface area contributed by atoms with Crippen molar-refractivity contribution in [2.45, 2.75) is 44.9 Å². The summed E-state index contributed by atoms with van der Waals surface area (Å²) >= 11 is 5.91. The van der Waals surface area contributed by atoms with Gasteiger partial charge in [0, 0.05) is 5.92 Å². The van der Waals surface area contributed by atoms with Crippen LogP contribution in [-0.2, 0) is 0 Å². The molecule has 0 amide bonds. The maximum Gasteiger partial charge on any atom is 0.293 e. The maximum absolute atomic E-state index is 12.0. The summed E-state index contributed by atoms with van der Waals surface area (Å²) in [6.45, 7) is 1.72. The average molecular weight is 267 g/mol. The molecule has 0 atom stereocenters. The Labute approximate surface area is 109 Å². The fraction of sp³-hybridized carbons (Fsp3) is 0.583. The number of nitrogens with zero attached hydrogens (tertiary/aromatic N) is 3. The lowest BCUT2D eigenvalue weighted by Gasteiger charge is -2.18. The van der Waals surface area contributed by atoms with E-state index in [1.54, 1.807) is 6.92 Å². The number of H-pyrrole nitrogens is 1. The minimum absolute atomic E-state index is 0.159. The molecule has 1 saturated carbocycles. The second kappa shape index (κ2) is 4.39. The third-order valence-electron chi connectivity index (χ3n) is 3.61. The van der Waals surface area contributed by atoms with Gasteiger partial charge in [-0.2, -0.15) is 9.50 Å². The summed E-state index contributed by atoms with van der Waals surface area (Å²) < 4.78 is 1.35. The maximum atomic E-state index is 12.0. The Morgan fingerprint density at radius 3 is 2.72 bits per heavy atom. The molecule has 0 bridgehead atoms. The summed E-state index contributed by atoms with van der Waals surface area (Å²) in [7, 11) is 0. The van der Waals surface area contributed by atoms with Crippen LogP contribution >= 0.6 is 11.6 Å². The van der Waals surface area contributed by atoms with E-state index < -0.39 is 0 Å². The Bertz CT molecular complexity index is 639. The molecule has 0 radical (unpaired) electrons. The van der Waals surface area contributed by atoms with Gasteiger partial charge >= 0.3 is 0 Å². The van der Waals surface area contributed by atoms with Crippen LogP contribution in [0.15, 0.2) is 4.79 Å². The minimum Gasteiger partial charge on any atom is -0.275 e. The van der Waals surface area contributed by atoms with Crippen LogP contribution in [0.3, 0.4) is 0 Å². The van der Waals surface area contributed by atoms with Gasteiger partial charge in [0.25, 0.3) is 11.3 Å². The van der Waals surface area contributed by atoms with E-state index in [1.807, 2.05) is 0 Å². The van der Waals surface area contributed by atoms with Crippen LogP contribution in [0.2, 0.25) is 5.02 Å². The smallest absolute Gasteiger partial charge is 0.275 e. The Morgan fingerprint density at radius 1 is 1.28 bits per heavy atom. The topological polar surface area (TPSA) is 63.1 Å². The molecular weight excluding hydrogens is 252 g/mol. The standard InChI is InChI=1S/C12H15ClN4O/c1-7-9(13)11(18)17-12(14-7)15-10(16-17)8-5-3-2-4-6-8/h8H,2-6H2,1H3,(H,14,15,16). The number of aryl methyl sites for hydroxylation is 1. The Morgan fingerprint density at radius 2 is 2.00 bits per heavy atom. The molecule has 18 heavy (non-hydrogen) atoms. The van der Waals surface area contributed by atoms with E-state index >= 15 is 0 Å². The van der Waals surface area contributed by atoms with Crippen molar-refractivity contribution in [3.8, 4) is 0 Å². The summed E-state index contributed by atoms with van der Waals surface area (Å²) in [5.41, 5.74) is 0.261. The predicted octanol–water partition coefficient (Wildman–Crippen LogP) is 2.43. The van der Waals surface area contributed by atoms with Crippen LogP contribution in [0.4, 0.5) is 0 Å². The van der Waals surface area contributed by atoms with Crippen LogP contribution in [0.5, 0.6) is 0 Å². The van der Waals surface area contributed by atoms with Gasteiger partial charge < -0.3 is 0 Å². The van der Waals surface area contributed by atoms with Gasteiger partial charge in [0.1, 0.15) is 10.8 Å². The molecule has 1 N–H and O–H groups in total. The second-order valence-corrected chi connectivity index (χ2v) is 5.27. The number of aromatic nitrogens is 4. The highest BCUT2D eigenvalue weighted by atomic mass is 35.5. The molecule has 96 valence electrons. The van der Waals surface area contributed by atoms with Gasteiger partial charge in [0.05, 0.1) is 5.69 Å². The first-order valence-electron chi connectivity index (χ1n) is 6.31. The Balaban J connectivity index is 2.10. The van der Waals surface area contributed by atoms with E-state index in [0.717, 1.165) is 18.7 Å². The molecule has 1 aliphatic carbocycles. The Hall–Kier alpha value is -1.36. The van der Waals surface area contributed by atoms with Crippen molar-refractivity contribution >= 4 is 17.4 Å². The summed E-state index contributed by atoms with van der Waals surface area (Å²) in [6.07, 6.45) is 6.00.